The highest BCUT2D eigenvalue weighted by Crippen LogP contribution is 2.29. The van der Waals surface area contributed by atoms with Crippen molar-refractivity contribution in [3.05, 3.63) is 59.7 Å². The number of hydrogen-bond acceptors (Lipinski definition) is 6. The lowest BCUT2D eigenvalue weighted by atomic mass is 10.1. The standard InChI is InChI=1S/C20H18F2N4O3S/c1-11(12-3-8-16(29-2)15(22)9-12)24-25-20(23)30-17-10-18(27)26(19(17)28)14-6-4-13(21)5-7-14/h3-9,17H,10H2,1-2H3,(H2,23,25)/b24-11-/t17-/m0/s1. The summed E-state index contributed by atoms with van der Waals surface area (Å²) in [6.45, 7) is 1.63. The second-order valence-electron chi connectivity index (χ2n) is 6.33. The summed E-state index contributed by atoms with van der Waals surface area (Å²) < 4.78 is 31.8. The van der Waals surface area contributed by atoms with Crippen LogP contribution in [0, 0.1) is 11.6 Å². The highest BCUT2D eigenvalue weighted by atomic mass is 32.2. The molecule has 10 heteroatoms. The van der Waals surface area contributed by atoms with Gasteiger partial charge in [-0.05, 0) is 49.4 Å². The zero-order valence-electron chi connectivity index (χ0n) is 16.1. The molecule has 0 aromatic heterocycles. The summed E-state index contributed by atoms with van der Waals surface area (Å²) >= 11 is 0.908. The molecule has 3 rings (SSSR count). The number of halogens is 2. The predicted molar refractivity (Wildman–Crippen MR) is 112 cm³/mol. The van der Waals surface area contributed by atoms with Gasteiger partial charge >= 0.3 is 0 Å². The minimum Gasteiger partial charge on any atom is -0.494 e. The van der Waals surface area contributed by atoms with Crippen molar-refractivity contribution in [1.29, 1.82) is 0 Å². The van der Waals surface area contributed by atoms with E-state index in [1.54, 1.807) is 13.0 Å². The maximum Gasteiger partial charge on any atom is 0.247 e. The van der Waals surface area contributed by atoms with E-state index in [1.807, 2.05) is 0 Å². The van der Waals surface area contributed by atoms with Gasteiger partial charge in [-0.15, -0.1) is 5.10 Å². The van der Waals surface area contributed by atoms with E-state index in [-0.39, 0.29) is 17.3 Å². The molecule has 30 heavy (non-hydrogen) atoms. The number of nitrogens with zero attached hydrogens (tertiary/aromatic N) is 3. The Hall–Kier alpha value is -3.27. The van der Waals surface area contributed by atoms with Crippen molar-refractivity contribution in [2.75, 3.05) is 12.0 Å². The van der Waals surface area contributed by atoms with Crippen LogP contribution in [0.1, 0.15) is 18.9 Å². The van der Waals surface area contributed by atoms with Crippen LogP contribution in [0.15, 0.2) is 52.7 Å². The van der Waals surface area contributed by atoms with Gasteiger partial charge in [0.05, 0.1) is 18.5 Å². The molecule has 1 aliphatic heterocycles. The van der Waals surface area contributed by atoms with Crippen LogP contribution in [0.5, 0.6) is 5.75 Å². The summed E-state index contributed by atoms with van der Waals surface area (Å²) in [6.07, 6.45) is -0.0660. The van der Waals surface area contributed by atoms with Crippen LogP contribution >= 0.6 is 11.8 Å². The lowest BCUT2D eigenvalue weighted by molar-refractivity contribution is -0.121. The molecule has 1 fully saturated rings. The first kappa shape index (κ1) is 21.4. The Morgan fingerprint density at radius 3 is 2.50 bits per heavy atom. The molecule has 0 saturated carbocycles. The first-order valence-corrected chi connectivity index (χ1v) is 9.68. The number of thioether (sulfide) groups is 1. The Balaban J connectivity index is 1.70. The molecule has 1 aliphatic rings. The number of carbonyl (C=O) groups is 2. The quantitative estimate of drug-likeness (QED) is 0.339. The summed E-state index contributed by atoms with van der Waals surface area (Å²) in [5.41, 5.74) is 7.03. The summed E-state index contributed by atoms with van der Waals surface area (Å²) in [5.74, 6) is -1.77. The van der Waals surface area contributed by atoms with Crippen LogP contribution in [0.4, 0.5) is 14.5 Å². The molecule has 0 spiro atoms. The Morgan fingerprint density at radius 1 is 1.17 bits per heavy atom. The van der Waals surface area contributed by atoms with Gasteiger partial charge in [0.25, 0.3) is 0 Å². The van der Waals surface area contributed by atoms with Crippen molar-refractivity contribution in [1.82, 2.24) is 0 Å². The van der Waals surface area contributed by atoms with Gasteiger partial charge in [0, 0.05) is 12.0 Å². The van der Waals surface area contributed by atoms with E-state index in [4.69, 9.17) is 10.5 Å². The highest BCUT2D eigenvalue weighted by Gasteiger charge is 2.40. The largest absolute Gasteiger partial charge is 0.494 e. The molecule has 2 N–H and O–H groups in total. The van der Waals surface area contributed by atoms with Crippen molar-refractivity contribution in [3.8, 4) is 5.75 Å². The fourth-order valence-electron chi connectivity index (χ4n) is 2.80. The van der Waals surface area contributed by atoms with Gasteiger partial charge in [-0.3, -0.25) is 9.59 Å². The summed E-state index contributed by atoms with van der Waals surface area (Å²) in [7, 11) is 1.37. The Bertz CT molecular complexity index is 1040. The number of methoxy groups -OCH3 is 1. The van der Waals surface area contributed by atoms with Crippen LogP contribution in [-0.2, 0) is 9.59 Å². The van der Waals surface area contributed by atoms with Gasteiger partial charge in [-0.1, -0.05) is 11.8 Å². The average molecular weight is 432 g/mol. The van der Waals surface area contributed by atoms with E-state index in [0.717, 1.165) is 16.7 Å². The number of nitrogens with two attached hydrogens (primary N) is 1. The van der Waals surface area contributed by atoms with Gasteiger partial charge in [-0.2, -0.15) is 5.10 Å². The molecule has 0 bridgehead atoms. The monoisotopic (exact) mass is 432 g/mol. The molecule has 1 saturated heterocycles. The lowest BCUT2D eigenvalue weighted by Crippen LogP contribution is -2.31. The second kappa shape index (κ2) is 9.04. The fourth-order valence-corrected chi connectivity index (χ4v) is 3.61. The SMILES string of the molecule is COc1ccc(/C(C)=N\N=C(N)S[C@H]2CC(=O)N(c3ccc(F)cc3)C2=O)cc1F. The zero-order chi connectivity index (χ0) is 21.8. The molecule has 1 atom stereocenters. The summed E-state index contributed by atoms with van der Waals surface area (Å²) in [6, 6.07) is 9.42. The summed E-state index contributed by atoms with van der Waals surface area (Å²) in [4.78, 5) is 25.8. The molecular formula is C20H18F2N4O3S. The Labute approximate surface area is 175 Å². The van der Waals surface area contributed by atoms with Crippen molar-refractivity contribution in [3.63, 3.8) is 0 Å². The van der Waals surface area contributed by atoms with Crippen LogP contribution in [-0.4, -0.2) is 35.1 Å². The first-order chi connectivity index (χ1) is 14.3. The minimum absolute atomic E-state index is 0.0181. The Morgan fingerprint density at radius 2 is 1.87 bits per heavy atom. The highest BCUT2D eigenvalue weighted by molar-refractivity contribution is 8.14. The smallest absolute Gasteiger partial charge is 0.247 e. The van der Waals surface area contributed by atoms with Gasteiger partial charge in [-0.25, -0.2) is 13.7 Å². The number of rotatable bonds is 5. The molecule has 7 nitrogen and oxygen atoms in total. The zero-order valence-corrected chi connectivity index (χ0v) is 17.0. The topological polar surface area (TPSA) is 97.3 Å². The second-order valence-corrected chi connectivity index (χ2v) is 7.55. The average Bonchev–Trinajstić information content (AvgIpc) is 2.99. The first-order valence-electron chi connectivity index (χ1n) is 8.80. The van der Waals surface area contributed by atoms with Crippen molar-refractivity contribution < 1.29 is 23.1 Å². The van der Waals surface area contributed by atoms with Crippen molar-refractivity contribution in [2.24, 2.45) is 15.9 Å². The molecule has 2 aromatic rings. The Kier molecular flexibility index (Phi) is 6.46. The number of ether oxygens (including phenoxy) is 1. The molecule has 2 aromatic carbocycles. The van der Waals surface area contributed by atoms with Crippen molar-refractivity contribution >= 4 is 40.1 Å². The molecule has 0 radical (unpaired) electrons. The van der Waals surface area contributed by atoms with Gasteiger partial charge in [0.15, 0.2) is 16.7 Å². The third-order valence-electron chi connectivity index (χ3n) is 4.32. The number of benzene rings is 2. The van der Waals surface area contributed by atoms with Gasteiger partial charge < -0.3 is 10.5 Å². The summed E-state index contributed by atoms with van der Waals surface area (Å²) in [5, 5.41) is 7.05. The number of anilines is 1. The van der Waals surface area contributed by atoms with E-state index >= 15 is 0 Å². The molecule has 0 unspecified atom stereocenters. The minimum atomic E-state index is -0.764. The number of amidine groups is 1. The van der Waals surface area contributed by atoms with Crippen LogP contribution in [0.25, 0.3) is 0 Å². The predicted octanol–water partition coefficient (Wildman–Crippen LogP) is 3.08. The van der Waals surface area contributed by atoms with Gasteiger partial charge in [0.2, 0.25) is 11.8 Å². The molecule has 0 aliphatic carbocycles. The third kappa shape index (κ3) is 4.65. The van der Waals surface area contributed by atoms with E-state index in [9.17, 15) is 18.4 Å². The molecule has 156 valence electrons. The maximum absolute atomic E-state index is 13.8. The normalized spacial score (nSPS) is 17.6. The number of carbonyl (C=O) groups excluding carboxylic acids is 2. The van der Waals surface area contributed by atoms with E-state index in [0.29, 0.717) is 17.0 Å². The third-order valence-corrected chi connectivity index (χ3v) is 5.30. The van der Waals surface area contributed by atoms with E-state index < -0.39 is 28.7 Å². The van der Waals surface area contributed by atoms with Gasteiger partial charge in [0.1, 0.15) is 11.1 Å². The fraction of sp³-hybridized carbons (Fsp3) is 0.200. The molecule has 1 heterocycles. The van der Waals surface area contributed by atoms with Crippen molar-refractivity contribution in [2.45, 2.75) is 18.6 Å². The van der Waals surface area contributed by atoms with E-state index in [2.05, 4.69) is 10.2 Å². The number of amides is 2. The lowest BCUT2D eigenvalue weighted by Gasteiger charge is -2.14. The molecular weight excluding hydrogens is 414 g/mol. The van der Waals surface area contributed by atoms with E-state index in [1.165, 1.54) is 43.5 Å². The van der Waals surface area contributed by atoms with Crippen LogP contribution in [0.2, 0.25) is 0 Å². The van der Waals surface area contributed by atoms with Crippen LogP contribution in [0.3, 0.4) is 0 Å². The number of imide groups is 1. The maximum atomic E-state index is 13.8. The molecule has 2 amide bonds. The van der Waals surface area contributed by atoms with Crippen LogP contribution < -0.4 is 15.4 Å². The number of hydrogen-bond donors (Lipinski definition) is 1.